The van der Waals surface area contributed by atoms with Crippen molar-refractivity contribution in [3.8, 4) is 0 Å². The summed E-state index contributed by atoms with van der Waals surface area (Å²) in [6.07, 6.45) is 4.78. The van der Waals surface area contributed by atoms with Gasteiger partial charge in [-0.15, -0.1) is 0 Å². The molecule has 2 aromatic rings. The molecule has 3 rings (SSSR count). The molecule has 2 aromatic carbocycles. The summed E-state index contributed by atoms with van der Waals surface area (Å²) in [5.74, 6) is 0. The maximum atomic E-state index is 2.54. The molecule has 0 atom stereocenters. The molecule has 0 spiro atoms. The molecule has 0 radical (unpaired) electrons. The Balaban J connectivity index is 2.09. The summed E-state index contributed by atoms with van der Waals surface area (Å²) >= 11 is -2.50. The molecule has 0 aromatic heterocycles. The zero-order valence-electron chi connectivity index (χ0n) is 14.4. The number of hydrogen-bond donors (Lipinski definition) is 0. The molecule has 0 nitrogen and oxygen atoms in total. The second-order valence-corrected chi connectivity index (χ2v) is 19.1. The van der Waals surface area contributed by atoms with E-state index in [1.54, 1.807) is 7.18 Å². The first-order valence-corrected chi connectivity index (χ1v) is 16.8. The van der Waals surface area contributed by atoms with Crippen molar-refractivity contribution in [2.45, 2.75) is 23.7 Å². The minimum atomic E-state index is -2.50. The topological polar surface area (TPSA) is 0 Å². The van der Waals surface area contributed by atoms with Crippen LogP contribution in [0.5, 0.6) is 0 Å². The van der Waals surface area contributed by atoms with Gasteiger partial charge in [0.05, 0.1) is 0 Å². The molecule has 1 heterocycles. The van der Waals surface area contributed by atoms with Crippen molar-refractivity contribution in [3.63, 3.8) is 0 Å². The predicted molar refractivity (Wildman–Crippen MR) is 105 cm³/mol. The third-order valence-electron chi connectivity index (χ3n) is 4.98. The maximum absolute atomic E-state index is 2.54. The number of rotatable bonds is 2. The molecule has 1 heteroatoms. The Labute approximate surface area is 144 Å². The van der Waals surface area contributed by atoms with Crippen molar-refractivity contribution < 1.29 is 0 Å². The summed E-state index contributed by atoms with van der Waals surface area (Å²) < 4.78 is 3.24. The van der Waals surface area contributed by atoms with E-state index in [1.165, 1.54) is 22.3 Å². The van der Waals surface area contributed by atoms with Gasteiger partial charge in [0.25, 0.3) is 0 Å². The molecule has 0 fully saturated rings. The Morgan fingerprint density at radius 2 is 0.957 bits per heavy atom. The average molecular weight is 407 g/mol. The first-order valence-electron chi connectivity index (χ1n) is 8.23. The Kier molecular flexibility index (Phi) is 4.63. The van der Waals surface area contributed by atoms with Crippen LogP contribution in [-0.2, 0) is 0 Å². The van der Waals surface area contributed by atoms with Gasteiger partial charge in [0.2, 0.25) is 0 Å². The van der Waals surface area contributed by atoms with E-state index in [0.29, 0.717) is 0 Å². The summed E-state index contributed by atoms with van der Waals surface area (Å²) in [6, 6.07) is 21.6. The van der Waals surface area contributed by atoms with E-state index in [9.17, 15) is 0 Å². The molecular weight excluding hydrogens is 383 g/mol. The molecule has 1 aliphatic rings. The van der Waals surface area contributed by atoms with Gasteiger partial charge in [-0.25, -0.2) is 0 Å². The molecule has 0 saturated heterocycles. The summed E-state index contributed by atoms with van der Waals surface area (Å²) in [4.78, 5) is 5.08. The summed E-state index contributed by atoms with van der Waals surface area (Å²) in [5, 5.41) is 0. The molecular formula is C22H24Sn. The van der Waals surface area contributed by atoms with Crippen molar-refractivity contribution in [2.75, 3.05) is 0 Å². The molecule has 0 N–H and O–H groups in total. The normalized spacial score (nSPS) is 20.5. The van der Waals surface area contributed by atoms with Gasteiger partial charge >= 0.3 is 144 Å². The summed E-state index contributed by atoms with van der Waals surface area (Å²) in [7, 11) is 0. The Morgan fingerprint density at radius 1 is 0.609 bits per heavy atom. The molecule has 0 amide bonds. The first kappa shape index (κ1) is 16.3. The zero-order chi connectivity index (χ0) is 16.4. The van der Waals surface area contributed by atoms with Crippen molar-refractivity contribution in [1.82, 2.24) is 0 Å². The van der Waals surface area contributed by atoms with Gasteiger partial charge in [-0.05, 0) is 0 Å². The quantitative estimate of drug-likeness (QED) is 0.514. The SMILES string of the molecule is C/C(=[C]1C=C/[C](=C(/C)c2ccccc2)[Sn]\1([CH3])[CH3])c1ccccc1. The van der Waals surface area contributed by atoms with E-state index in [1.807, 2.05) is 0 Å². The summed E-state index contributed by atoms with van der Waals surface area (Å²) in [6.45, 7) is 4.57. The van der Waals surface area contributed by atoms with Crippen LogP contribution in [0, 0.1) is 0 Å². The second kappa shape index (κ2) is 6.52. The van der Waals surface area contributed by atoms with E-state index in [2.05, 4.69) is 96.5 Å². The molecule has 0 unspecified atom stereocenters. The van der Waals surface area contributed by atoms with Gasteiger partial charge in [-0.3, -0.25) is 0 Å². The monoisotopic (exact) mass is 408 g/mol. The molecule has 0 saturated carbocycles. The second-order valence-electron chi connectivity index (χ2n) is 6.77. The van der Waals surface area contributed by atoms with Crippen molar-refractivity contribution in [3.05, 3.63) is 91.1 Å². The molecule has 0 bridgehead atoms. The van der Waals surface area contributed by atoms with Crippen LogP contribution in [0.2, 0.25) is 9.88 Å². The standard InChI is InChI=1S/C20H18.2CH3.Sn/c1-17(19-13-5-3-6-14-19)11-9-10-12-18(2)20-15-7-4-8-16-20;;;/h3-10,13-16H,1-2H3;2*1H3;. The van der Waals surface area contributed by atoms with E-state index in [-0.39, 0.29) is 0 Å². The van der Waals surface area contributed by atoms with Gasteiger partial charge in [0.1, 0.15) is 0 Å². The number of benzene rings is 2. The van der Waals surface area contributed by atoms with Gasteiger partial charge in [-0.1, -0.05) is 0 Å². The molecule has 23 heavy (non-hydrogen) atoms. The van der Waals surface area contributed by atoms with E-state index in [0.717, 1.165) is 0 Å². The fourth-order valence-electron chi connectivity index (χ4n) is 3.60. The van der Waals surface area contributed by atoms with Crippen molar-refractivity contribution >= 4 is 29.5 Å². The minimum absolute atomic E-state index is 1.36. The van der Waals surface area contributed by atoms with Gasteiger partial charge in [0, 0.05) is 0 Å². The summed E-state index contributed by atoms with van der Waals surface area (Å²) in [5.41, 5.74) is 5.63. The Bertz CT molecular complexity index is 723. The van der Waals surface area contributed by atoms with Crippen LogP contribution in [0.25, 0.3) is 11.1 Å². The molecule has 0 aliphatic carbocycles. The number of allylic oxidation sites excluding steroid dienone is 6. The molecule has 116 valence electrons. The molecule has 1 aliphatic heterocycles. The van der Waals surface area contributed by atoms with Crippen LogP contribution in [0.15, 0.2) is 80.0 Å². The van der Waals surface area contributed by atoms with Crippen LogP contribution in [0.3, 0.4) is 0 Å². The van der Waals surface area contributed by atoms with Crippen molar-refractivity contribution in [1.29, 1.82) is 0 Å². The average Bonchev–Trinajstić information content (AvgIpc) is 2.90. The van der Waals surface area contributed by atoms with E-state index < -0.39 is 18.4 Å². The number of hydrogen-bond acceptors (Lipinski definition) is 0. The third-order valence-corrected chi connectivity index (χ3v) is 15.8. The predicted octanol–water partition coefficient (Wildman–Crippen LogP) is 6.29. The fourth-order valence-corrected chi connectivity index (χ4v) is 13.5. The van der Waals surface area contributed by atoms with Crippen LogP contribution in [0.4, 0.5) is 0 Å². The first-order chi connectivity index (χ1) is 11.0. The zero-order valence-corrected chi connectivity index (χ0v) is 17.3. The van der Waals surface area contributed by atoms with Crippen LogP contribution in [0.1, 0.15) is 25.0 Å². The Hall–Kier alpha value is -1.54. The van der Waals surface area contributed by atoms with Gasteiger partial charge in [0.15, 0.2) is 0 Å². The fraction of sp³-hybridized carbons (Fsp3) is 0.182. The van der Waals surface area contributed by atoms with Crippen LogP contribution < -0.4 is 0 Å². The van der Waals surface area contributed by atoms with Crippen LogP contribution >= 0.6 is 0 Å². The Morgan fingerprint density at radius 3 is 1.30 bits per heavy atom. The van der Waals surface area contributed by atoms with Gasteiger partial charge in [-0.2, -0.15) is 0 Å². The third kappa shape index (κ3) is 3.09. The van der Waals surface area contributed by atoms with Gasteiger partial charge < -0.3 is 0 Å². The van der Waals surface area contributed by atoms with E-state index >= 15 is 0 Å². The van der Waals surface area contributed by atoms with E-state index in [4.69, 9.17) is 0 Å². The van der Waals surface area contributed by atoms with Crippen molar-refractivity contribution in [2.24, 2.45) is 0 Å². The van der Waals surface area contributed by atoms with Crippen LogP contribution in [-0.4, -0.2) is 18.4 Å².